The lowest BCUT2D eigenvalue weighted by Gasteiger charge is -2.06. The maximum atomic E-state index is 11.0. The fraction of sp³-hybridized carbons (Fsp3) is 0. The van der Waals surface area contributed by atoms with Gasteiger partial charge in [-0.1, -0.05) is 0 Å². The summed E-state index contributed by atoms with van der Waals surface area (Å²) in [6, 6.07) is 5.80. The van der Waals surface area contributed by atoms with Crippen molar-refractivity contribution in [2.24, 2.45) is 0 Å². The van der Waals surface area contributed by atoms with Crippen LogP contribution in [-0.2, 0) is 0 Å². The van der Waals surface area contributed by atoms with E-state index < -0.39 is 15.5 Å². The summed E-state index contributed by atoms with van der Waals surface area (Å²) in [5.41, 5.74) is -0.856. The van der Waals surface area contributed by atoms with Gasteiger partial charge >= 0.3 is 0 Å². The number of hydrogen-bond donors (Lipinski definition) is 0. The molecule has 0 fully saturated rings. The Hall–Kier alpha value is -3.03. The first-order chi connectivity index (χ1) is 8.99. The van der Waals surface area contributed by atoms with E-state index in [1.807, 2.05) is 0 Å². The molecule has 8 nitrogen and oxygen atoms in total. The maximum Gasteiger partial charge on any atom is 0.300 e. The molecule has 1 heterocycles. The second kappa shape index (κ2) is 4.69. The minimum Gasteiger partial charge on any atom is -0.318 e. The molecular weight excluding hydrogens is 254 g/mol. The van der Waals surface area contributed by atoms with E-state index in [9.17, 15) is 25.0 Å². The highest BCUT2D eigenvalue weighted by Crippen LogP contribution is 2.27. The van der Waals surface area contributed by atoms with Gasteiger partial charge in [0.15, 0.2) is 5.43 Å². The predicted octanol–water partition coefficient (Wildman–Crippen LogP) is 1.65. The van der Waals surface area contributed by atoms with Crippen molar-refractivity contribution in [3.8, 4) is 5.69 Å². The van der Waals surface area contributed by atoms with Crippen molar-refractivity contribution in [3.63, 3.8) is 0 Å². The highest BCUT2D eigenvalue weighted by Gasteiger charge is 2.19. The first-order valence-corrected chi connectivity index (χ1v) is 5.10. The molecule has 2 aromatic rings. The monoisotopic (exact) mass is 261 g/mol. The van der Waals surface area contributed by atoms with Crippen LogP contribution in [0.3, 0.4) is 0 Å². The van der Waals surface area contributed by atoms with Crippen molar-refractivity contribution >= 4 is 11.4 Å². The second-order valence-electron chi connectivity index (χ2n) is 3.63. The summed E-state index contributed by atoms with van der Waals surface area (Å²) in [4.78, 5) is 31.1. The van der Waals surface area contributed by atoms with Crippen molar-refractivity contribution in [2.45, 2.75) is 0 Å². The first kappa shape index (κ1) is 12.4. The molecule has 96 valence electrons. The molecule has 8 heteroatoms. The average molecular weight is 261 g/mol. The maximum absolute atomic E-state index is 11.0. The van der Waals surface area contributed by atoms with Gasteiger partial charge in [-0.15, -0.1) is 0 Å². The Morgan fingerprint density at radius 3 is 2.11 bits per heavy atom. The van der Waals surface area contributed by atoms with Gasteiger partial charge in [-0.05, 0) is 6.07 Å². The molecule has 1 aromatic carbocycles. The molecule has 1 aromatic heterocycles. The third-order valence-corrected chi connectivity index (χ3v) is 2.44. The molecule has 0 aliphatic heterocycles. The zero-order valence-electron chi connectivity index (χ0n) is 9.42. The van der Waals surface area contributed by atoms with Crippen LogP contribution in [0.5, 0.6) is 0 Å². The number of nitrogens with zero attached hydrogens (tertiary/aromatic N) is 3. The molecule has 0 spiro atoms. The number of benzene rings is 1. The summed E-state index contributed by atoms with van der Waals surface area (Å²) in [6.07, 6.45) is 2.72. The molecule has 0 N–H and O–H groups in total. The third kappa shape index (κ3) is 2.46. The van der Waals surface area contributed by atoms with Gasteiger partial charge in [0.2, 0.25) is 0 Å². The highest BCUT2D eigenvalue weighted by molar-refractivity contribution is 5.58. The highest BCUT2D eigenvalue weighted by atomic mass is 16.6. The Kier molecular flexibility index (Phi) is 3.06. The van der Waals surface area contributed by atoms with Gasteiger partial charge in [-0.25, -0.2) is 0 Å². The van der Waals surface area contributed by atoms with Crippen LogP contribution in [0.15, 0.2) is 47.5 Å². The minimum absolute atomic E-state index is 0.149. The van der Waals surface area contributed by atoms with E-state index in [0.717, 1.165) is 6.07 Å². The van der Waals surface area contributed by atoms with Crippen molar-refractivity contribution in [1.82, 2.24) is 4.57 Å². The zero-order chi connectivity index (χ0) is 14.0. The topological polar surface area (TPSA) is 108 Å². The van der Waals surface area contributed by atoms with Crippen molar-refractivity contribution in [2.75, 3.05) is 0 Å². The van der Waals surface area contributed by atoms with Crippen LogP contribution < -0.4 is 5.43 Å². The molecule has 0 amide bonds. The van der Waals surface area contributed by atoms with Crippen LogP contribution in [0.2, 0.25) is 0 Å². The van der Waals surface area contributed by atoms with Gasteiger partial charge in [0, 0.05) is 30.6 Å². The Balaban J connectivity index is 2.63. The number of non-ortho nitro benzene ring substituents is 1. The molecule has 0 aliphatic carbocycles. The molecule has 19 heavy (non-hydrogen) atoms. The van der Waals surface area contributed by atoms with Gasteiger partial charge in [-0.2, -0.15) is 0 Å². The number of nitro benzene ring substituents is 2. The molecule has 0 aliphatic rings. The molecule has 0 unspecified atom stereocenters. The van der Waals surface area contributed by atoms with Gasteiger partial charge in [0.1, 0.15) is 5.69 Å². The van der Waals surface area contributed by atoms with Gasteiger partial charge < -0.3 is 4.57 Å². The summed E-state index contributed by atoms with van der Waals surface area (Å²) < 4.78 is 1.35. The molecule has 0 saturated carbocycles. The second-order valence-corrected chi connectivity index (χ2v) is 3.63. The SMILES string of the molecule is O=c1ccn(-c2ccc([N+](=O)[O-])cc2[N+](=O)[O-])cc1. The van der Waals surface area contributed by atoms with Crippen molar-refractivity contribution < 1.29 is 9.85 Å². The predicted molar refractivity (Wildman–Crippen MR) is 65.3 cm³/mol. The molecule has 0 saturated heterocycles. The van der Waals surface area contributed by atoms with Crippen molar-refractivity contribution in [1.29, 1.82) is 0 Å². The lowest BCUT2D eigenvalue weighted by atomic mass is 10.2. The van der Waals surface area contributed by atoms with Gasteiger partial charge in [0.05, 0.1) is 15.9 Å². The molecule has 2 rings (SSSR count). The van der Waals surface area contributed by atoms with Crippen LogP contribution in [0.1, 0.15) is 0 Å². The molecule has 0 atom stereocenters. The normalized spacial score (nSPS) is 10.1. The Labute approximate surface area is 105 Å². The summed E-state index contributed by atoms with van der Waals surface area (Å²) in [5.74, 6) is 0. The fourth-order valence-corrected chi connectivity index (χ4v) is 1.56. The van der Waals surface area contributed by atoms with Gasteiger partial charge in [0.25, 0.3) is 11.4 Å². The summed E-state index contributed by atoms with van der Waals surface area (Å²) in [7, 11) is 0. The van der Waals surface area contributed by atoms with E-state index in [0.29, 0.717) is 0 Å². The quantitative estimate of drug-likeness (QED) is 0.616. The van der Waals surface area contributed by atoms with E-state index in [4.69, 9.17) is 0 Å². The number of aromatic nitrogens is 1. The van der Waals surface area contributed by atoms with Crippen LogP contribution in [0.25, 0.3) is 5.69 Å². The van der Waals surface area contributed by atoms with Crippen LogP contribution in [0.4, 0.5) is 11.4 Å². The fourth-order valence-electron chi connectivity index (χ4n) is 1.56. The Morgan fingerprint density at radius 2 is 1.58 bits per heavy atom. The molecular formula is C11H7N3O5. The number of hydrogen-bond acceptors (Lipinski definition) is 5. The molecule has 0 bridgehead atoms. The van der Waals surface area contributed by atoms with E-state index in [2.05, 4.69) is 0 Å². The van der Waals surface area contributed by atoms with E-state index in [-0.39, 0.29) is 16.8 Å². The smallest absolute Gasteiger partial charge is 0.300 e. The zero-order valence-corrected chi connectivity index (χ0v) is 9.42. The third-order valence-electron chi connectivity index (χ3n) is 2.44. The van der Waals surface area contributed by atoms with E-state index >= 15 is 0 Å². The van der Waals surface area contributed by atoms with Gasteiger partial charge in [-0.3, -0.25) is 25.0 Å². The van der Waals surface area contributed by atoms with Crippen LogP contribution in [-0.4, -0.2) is 14.4 Å². The van der Waals surface area contributed by atoms with Crippen molar-refractivity contribution in [3.05, 3.63) is 73.2 Å². The summed E-state index contributed by atoms with van der Waals surface area (Å²) in [6.45, 7) is 0. The lowest BCUT2D eigenvalue weighted by Crippen LogP contribution is -2.04. The summed E-state index contributed by atoms with van der Waals surface area (Å²) >= 11 is 0. The standard InChI is InChI=1S/C11H7N3O5/c15-9-3-5-12(6-4-9)10-2-1-8(13(16)17)7-11(10)14(18)19/h1-7H. The minimum atomic E-state index is -0.708. The number of pyridine rings is 1. The first-order valence-electron chi connectivity index (χ1n) is 5.10. The summed E-state index contributed by atoms with van der Waals surface area (Å²) in [5, 5.41) is 21.5. The number of nitro groups is 2. The van der Waals surface area contributed by atoms with Crippen LogP contribution in [0, 0.1) is 20.2 Å². The Bertz CT molecular complexity index is 702. The van der Waals surface area contributed by atoms with E-state index in [1.165, 1.54) is 41.2 Å². The largest absolute Gasteiger partial charge is 0.318 e. The van der Waals surface area contributed by atoms with E-state index in [1.54, 1.807) is 0 Å². The molecule has 0 radical (unpaired) electrons. The Morgan fingerprint density at radius 1 is 0.947 bits per heavy atom. The average Bonchev–Trinajstić information content (AvgIpc) is 2.38. The lowest BCUT2D eigenvalue weighted by molar-refractivity contribution is -0.394. The number of rotatable bonds is 3. The van der Waals surface area contributed by atoms with Crippen LogP contribution >= 0.6 is 0 Å².